The topological polar surface area (TPSA) is 36.4 Å². The number of aliphatic hydroxyl groups is 1. The summed E-state index contributed by atoms with van der Waals surface area (Å²) in [5, 5.41) is 10.1. The van der Waals surface area contributed by atoms with Gasteiger partial charge in [0, 0.05) is 31.1 Å². The molecule has 0 unspecified atom stereocenters. The predicted octanol–water partition coefficient (Wildman–Crippen LogP) is 3.35. The highest BCUT2D eigenvalue weighted by Gasteiger charge is 2.19. The Hall–Kier alpha value is -1.20. The van der Waals surface area contributed by atoms with E-state index in [4.69, 9.17) is 5.11 Å². The molecule has 1 aliphatic rings. The summed E-state index contributed by atoms with van der Waals surface area (Å²) >= 11 is 3.19. The van der Waals surface area contributed by atoms with Crippen LogP contribution in [0.4, 0.5) is 10.2 Å². The van der Waals surface area contributed by atoms with Crippen LogP contribution >= 0.6 is 15.9 Å². The van der Waals surface area contributed by atoms with Crippen LogP contribution in [-0.2, 0) is 0 Å². The first-order chi connectivity index (χ1) is 9.67. The minimum Gasteiger partial charge on any atom is -0.396 e. The van der Waals surface area contributed by atoms with Crippen LogP contribution < -0.4 is 4.90 Å². The number of piperidine rings is 1. The van der Waals surface area contributed by atoms with Gasteiger partial charge in [0.25, 0.3) is 0 Å². The van der Waals surface area contributed by atoms with Crippen molar-refractivity contribution in [2.45, 2.75) is 12.8 Å². The second kappa shape index (κ2) is 5.66. The molecular weight excluding hydrogens is 323 g/mol. The fraction of sp³-hybridized carbons (Fsp3) is 0.400. The molecule has 0 saturated carbocycles. The molecule has 2 heterocycles. The average Bonchev–Trinajstić information content (AvgIpc) is 2.48. The summed E-state index contributed by atoms with van der Waals surface area (Å²) in [6.45, 7) is 2.05. The van der Waals surface area contributed by atoms with Crippen LogP contribution in [0.25, 0.3) is 10.9 Å². The zero-order chi connectivity index (χ0) is 14.1. The number of benzene rings is 1. The van der Waals surface area contributed by atoms with Gasteiger partial charge in [-0.3, -0.25) is 0 Å². The molecule has 3 rings (SSSR count). The maximum atomic E-state index is 13.6. The SMILES string of the molecule is OCC1CCN(c2ccc3cc(Br)c(F)cc3n2)CC1. The first-order valence-corrected chi connectivity index (χ1v) is 7.58. The summed E-state index contributed by atoms with van der Waals surface area (Å²) in [4.78, 5) is 6.75. The molecule has 1 saturated heterocycles. The molecule has 0 bridgehead atoms. The Morgan fingerprint density at radius 3 is 2.75 bits per heavy atom. The summed E-state index contributed by atoms with van der Waals surface area (Å²) < 4.78 is 14.1. The normalized spacial score (nSPS) is 16.9. The maximum absolute atomic E-state index is 13.6. The van der Waals surface area contributed by atoms with E-state index >= 15 is 0 Å². The number of aromatic nitrogens is 1. The van der Waals surface area contributed by atoms with Crippen molar-refractivity contribution in [3.63, 3.8) is 0 Å². The smallest absolute Gasteiger partial charge is 0.139 e. The van der Waals surface area contributed by atoms with Crippen LogP contribution in [0.3, 0.4) is 0 Å². The van der Waals surface area contributed by atoms with Crippen molar-refractivity contribution in [2.24, 2.45) is 5.92 Å². The van der Waals surface area contributed by atoms with Crippen LogP contribution in [0.2, 0.25) is 0 Å². The van der Waals surface area contributed by atoms with E-state index in [0.717, 1.165) is 37.1 Å². The zero-order valence-electron chi connectivity index (χ0n) is 11.0. The van der Waals surface area contributed by atoms with Gasteiger partial charge >= 0.3 is 0 Å². The van der Waals surface area contributed by atoms with Gasteiger partial charge < -0.3 is 10.0 Å². The number of halogens is 2. The van der Waals surface area contributed by atoms with Crippen molar-refractivity contribution in [2.75, 3.05) is 24.6 Å². The van der Waals surface area contributed by atoms with Gasteiger partial charge in [-0.05, 0) is 52.9 Å². The standard InChI is InChI=1S/C15H16BrFN2O/c16-12-7-11-1-2-15(18-14(11)8-13(12)17)19-5-3-10(9-20)4-6-19/h1-2,7-8,10,20H,3-6,9H2. The number of anilines is 1. The summed E-state index contributed by atoms with van der Waals surface area (Å²) in [6.07, 6.45) is 1.95. The quantitative estimate of drug-likeness (QED) is 0.912. The highest BCUT2D eigenvalue weighted by atomic mass is 79.9. The molecule has 1 fully saturated rings. The van der Waals surface area contributed by atoms with Gasteiger partial charge in [-0.1, -0.05) is 0 Å². The fourth-order valence-electron chi connectivity index (χ4n) is 2.63. The van der Waals surface area contributed by atoms with E-state index in [1.807, 2.05) is 12.1 Å². The second-order valence-electron chi connectivity index (χ2n) is 5.24. The van der Waals surface area contributed by atoms with Gasteiger partial charge in [0.1, 0.15) is 11.6 Å². The van der Waals surface area contributed by atoms with E-state index < -0.39 is 0 Å². The van der Waals surface area contributed by atoms with E-state index in [2.05, 4.69) is 25.8 Å². The van der Waals surface area contributed by atoms with Crippen molar-refractivity contribution >= 4 is 32.7 Å². The van der Waals surface area contributed by atoms with Crippen LogP contribution in [0, 0.1) is 11.7 Å². The molecule has 5 heteroatoms. The fourth-order valence-corrected chi connectivity index (χ4v) is 2.99. The van der Waals surface area contributed by atoms with Gasteiger partial charge in [-0.15, -0.1) is 0 Å². The van der Waals surface area contributed by atoms with E-state index in [1.165, 1.54) is 6.07 Å². The Morgan fingerprint density at radius 2 is 2.05 bits per heavy atom. The van der Waals surface area contributed by atoms with Gasteiger partial charge in [0.2, 0.25) is 0 Å². The highest BCUT2D eigenvalue weighted by molar-refractivity contribution is 9.10. The number of rotatable bonds is 2. The van der Waals surface area contributed by atoms with Crippen molar-refractivity contribution in [1.29, 1.82) is 0 Å². The first kappa shape index (κ1) is 13.8. The molecule has 0 radical (unpaired) electrons. The molecule has 1 aliphatic heterocycles. The molecule has 1 aromatic heterocycles. The summed E-state index contributed by atoms with van der Waals surface area (Å²) in [5.74, 6) is 0.997. The number of hydrogen-bond acceptors (Lipinski definition) is 3. The van der Waals surface area contributed by atoms with Gasteiger partial charge in [0.15, 0.2) is 0 Å². The molecule has 1 aromatic carbocycles. The van der Waals surface area contributed by atoms with E-state index in [9.17, 15) is 4.39 Å². The highest BCUT2D eigenvalue weighted by Crippen LogP contribution is 2.26. The molecule has 0 aliphatic carbocycles. The summed E-state index contributed by atoms with van der Waals surface area (Å²) in [6, 6.07) is 7.16. The van der Waals surface area contributed by atoms with Crippen molar-refractivity contribution in [1.82, 2.24) is 4.98 Å². The Kier molecular flexibility index (Phi) is 3.89. The Labute approximate surface area is 125 Å². The average molecular weight is 339 g/mol. The molecule has 1 N–H and O–H groups in total. The molecule has 0 spiro atoms. The minimum absolute atomic E-state index is 0.262. The third kappa shape index (κ3) is 2.65. The Morgan fingerprint density at radius 1 is 1.30 bits per heavy atom. The number of pyridine rings is 1. The van der Waals surface area contributed by atoms with Crippen LogP contribution in [0.15, 0.2) is 28.7 Å². The zero-order valence-corrected chi connectivity index (χ0v) is 12.6. The lowest BCUT2D eigenvalue weighted by atomic mass is 9.98. The van der Waals surface area contributed by atoms with Crippen molar-refractivity contribution in [3.05, 3.63) is 34.6 Å². The van der Waals surface area contributed by atoms with Crippen molar-refractivity contribution < 1.29 is 9.50 Å². The van der Waals surface area contributed by atoms with Gasteiger partial charge in [-0.25, -0.2) is 9.37 Å². The predicted molar refractivity (Wildman–Crippen MR) is 81.4 cm³/mol. The molecule has 3 nitrogen and oxygen atoms in total. The number of hydrogen-bond donors (Lipinski definition) is 1. The third-order valence-corrected chi connectivity index (χ3v) is 4.52. The largest absolute Gasteiger partial charge is 0.396 e. The molecule has 2 aromatic rings. The lowest BCUT2D eigenvalue weighted by Crippen LogP contribution is -2.35. The molecule has 20 heavy (non-hydrogen) atoms. The molecule has 106 valence electrons. The maximum Gasteiger partial charge on any atom is 0.139 e. The minimum atomic E-state index is -0.291. The number of nitrogens with zero attached hydrogens (tertiary/aromatic N) is 2. The third-order valence-electron chi connectivity index (χ3n) is 3.91. The summed E-state index contributed by atoms with van der Waals surface area (Å²) in [5.41, 5.74) is 0.674. The molecule has 0 atom stereocenters. The first-order valence-electron chi connectivity index (χ1n) is 6.79. The van der Waals surface area contributed by atoms with Crippen molar-refractivity contribution in [3.8, 4) is 0 Å². The van der Waals surface area contributed by atoms with Crippen LogP contribution in [0.5, 0.6) is 0 Å². The molecule has 0 amide bonds. The van der Waals surface area contributed by atoms with E-state index in [0.29, 0.717) is 15.9 Å². The summed E-state index contributed by atoms with van der Waals surface area (Å²) in [7, 11) is 0. The van der Waals surface area contributed by atoms with E-state index in [1.54, 1.807) is 6.07 Å². The lowest BCUT2D eigenvalue weighted by Gasteiger charge is -2.32. The van der Waals surface area contributed by atoms with Gasteiger partial charge in [0.05, 0.1) is 9.99 Å². The number of fused-ring (bicyclic) bond motifs is 1. The van der Waals surface area contributed by atoms with E-state index in [-0.39, 0.29) is 12.4 Å². The van der Waals surface area contributed by atoms with Gasteiger partial charge in [-0.2, -0.15) is 0 Å². The lowest BCUT2D eigenvalue weighted by molar-refractivity contribution is 0.203. The number of aliphatic hydroxyl groups excluding tert-OH is 1. The molecular formula is C15H16BrFN2O. The monoisotopic (exact) mass is 338 g/mol. The van der Waals surface area contributed by atoms with Crippen LogP contribution in [-0.4, -0.2) is 29.8 Å². The Bertz CT molecular complexity index is 627. The Balaban J connectivity index is 1.88. The second-order valence-corrected chi connectivity index (χ2v) is 6.10. The van der Waals surface area contributed by atoms with Crippen LogP contribution in [0.1, 0.15) is 12.8 Å².